The van der Waals surface area contributed by atoms with Gasteiger partial charge in [-0.3, -0.25) is 4.79 Å². The fraction of sp³-hybridized carbons (Fsp3) is 0.462. The lowest BCUT2D eigenvalue weighted by molar-refractivity contribution is -0.138. The first kappa shape index (κ1) is 17.1. The Morgan fingerprint density at radius 2 is 1.81 bits per heavy atom. The van der Waals surface area contributed by atoms with Crippen LogP contribution in [0.3, 0.4) is 0 Å². The van der Waals surface area contributed by atoms with E-state index in [-0.39, 0.29) is 29.9 Å². The third-order valence-corrected chi connectivity index (χ3v) is 2.93. The molecule has 1 atom stereocenters. The molecule has 21 heavy (non-hydrogen) atoms. The molecule has 0 aliphatic carbocycles. The summed E-state index contributed by atoms with van der Waals surface area (Å²) in [5, 5.41) is 8.60. The molecule has 0 radical (unpaired) electrons. The van der Waals surface area contributed by atoms with Gasteiger partial charge in [-0.2, -0.15) is 13.2 Å². The number of hydrogen-bond acceptors (Lipinski definition) is 4. The van der Waals surface area contributed by atoms with E-state index in [0.29, 0.717) is 0 Å². The van der Waals surface area contributed by atoms with Gasteiger partial charge in [-0.05, 0) is 24.1 Å². The summed E-state index contributed by atoms with van der Waals surface area (Å²) >= 11 is 0. The maximum absolute atomic E-state index is 13.1. The fourth-order valence-corrected chi connectivity index (χ4v) is 1.88. The van der Waals surface area contributed by atoms with Gasteiger partial charge in [0.1, 0.15) is 0 Å². The minimum Gasteiger partial charge on any atom is -0.493 e. The monoisotopic (exact) mass is 307 g/mol. The van der Waals surface area contributed by atoms with Gasteiger partial charge in [-0.1, -0.05) is 0 Å². The molecular formula is C13H16F3NO4. The molecule has 0 aliphatic rings. The normalized spacial score (nSPS) is 12.9. The maximum atomic E-state index is 13.1. The zero-order valence-corrected chi connectivity index (χ0v) is 11.5. The van der Waals surface area contributed by atoms with Crippen molar-refractivity contribution in [2.75, 3.05) is 14.2 Å². The third kappa shape index (κ3) is 4.25. The Hall–Kier alpha value is -1.96. The molecule has 0 heterocycles. The van der Waals surface area contributed by atoms with Crippen LogP contribution >= 0.6 is 0 Å². The van der Waals surface area contributed by atoms with Crippen molar-refractivity contribution in [2.24, 2.45) is 5.73 Å². The Labute approximate surface area is 119 Å². The molecule has 8 heteroatoms. The number of methoxy groups -OCH3 is 2. The smallest absolute Gasteiger partial charge is 0.416 e. The van der Waals surface area contributed by atoms with Crippen LogP contribution in [-0.4, -0.2) is 25.3 Å². The largest absolute Gasteiger partial charge is 0.493 e. The minimum absolute atomic E-state index is 0.0704. The quantitative estimate of drug-likeness (QED) is 0.844. The van der Waals surface area contributed by atoms with Gasteiger partial charge < -0.3 is 20.3 Å². The van der Waals surface area contributed by atoms with Crippen molar-refractivity contribution in [2.45, 2.75) is 25.1 Å². The Kier molecular flexibility index (Phi) is 5.42. The average Bonchev–Trinajstić information content (AvgIpc) is 2.42. The van der Waals surface area contributed by atoms with Crippen LogP contribution in [0.25, 0.3) is 0 Å². The van der Waals surface area contributed by atoms with Crippen LogP contribution in [-0.2, 0) is 11.0 Å². The zero-order valence-electron chi connectivity index (χ0n) is 11.5. The molecule has 0 amide bonds. The molecule has 1 aromatic rings. The Morgan fingerprint density at radius 3 is 2.24 bits per heavy atom. The number of carboxylic acids is 1. The van der Waals surface area contributed by atoms with E-state index in [4.69, 9.17) is 20.3 Å². The molecule has 0 aromatic heterocycles. The molecule has 1 rings (SSSR count). The van der Waals surface area contributed by atoms with Gasteiger partial charge in [0.2, 0.25) is 0 Å². The second-order valence-corrected chi connectivity index (χ2v) is 4.33. The molecule has 5 nitrogen and oxygen atoms in total. The molecule has 0 aliphatic heterocycles. The van der Waals surface area contributed by atoms with Crippen LogP contribution in [0.2, 0.25) is 0 Å². The van der Waals surface area contributed by atoms with Crippen molar-refractivity contribution < 1.29 is 32.5 Å². The summed E-state index contributed by atoms with van der Waals surface area (Å²) < 4.78 is 49.1. The fourth-order valence-electron chi connectivity index (χ4n) is 1.88. The van der Waals surface area contributed by atoms with Crippen LogP contribution in [0.4, 0.5) is 13.2 Å². The molecule has 1 aromatic carbocycles. The Bertz CT molecular complexity index is 517. The standard InChI is InChI=1S/C13H16F3NO4/c1-20-10-5-7(9(17)3-4-12(18)19)8(13(14,15)16)6-11(10)21-2/h5-6,9H,3-4,17H2,1-2H3,(H,18,19). The molecule has 0 bridgehead atoms. The topological polar surface area (TPSA) is 81.8 Å². The number of alkyl halides is 3. The summed E-state index contributed by atoms with van der Waals surface area (Å²) in [6.07, 6.45) is -5.07. The van der Waals surface area contributed by atoms with E-state index in [0.717, 1.165) is 12.1 Å². The van der Waals surface area contributed by atoms with Crippen LogP contribution in [0, 0.1) is 0 Å². The molecule has 0 spiro atoms. The van der Waals surface area contributed by atoms with Crippen molar-refractivity contribution in [1.82, 2.24) is 0 Å². The second-order valence-electron chi connectivity index (χ2n) is 4.33. The third-order valence-electron chi connectivity index (χ3n) is 2.93. The first-order valence-corrected chi connectivity index (χ1v) is 6.01. The molecule has 3 N–H and O–H groups in total. The van der Waals surface area contributed by atoms with E-state index < -0.39 is 23.8 Å². The van der Waals surface area contributed by atoms with E-state index in [1.807, 2.05) is 0 Å². The lowest BCUT2D eigenvalue weighted by Gasteiger charge is -2.20. The lowest BCUT2D eigenvalue weighted by atomic mass is 9.96. The summed E-state index contributed by atoms with van der Waals surface area (Å²) in [5.41, 5.74) is 4.52. The van der Waals surface area contributed by atoms with E-state index in [1.165, 1.54) is 14.2 Å². The molecule has 0 saturated carbocycles. The SMILES string of the molecule is COc1cc(C(N)CCC(=O)O)c(C(F)(F)F)cc1OC. The van der Waals surface area contributed by atoms with Gasteiger partial charge in [0.15, 0.2) is 11.5 Å². The van der Waals surface area contributed by atoms with Crippen molar-refractivity contribution in [1.29, 1.82) is 0 Å². The van der Waals surface area contributed by atoms with Gasteiger partial charge in [0, 0.05) is 12.5 Å². The molecule has 1 unspecified atom stereocenters. The van der Waals surface area contributed by atoms with Crippen molar-refractivity contribution >= 4 is 5.97 Å². The number of halogens is 3. The van der Waals surface area contributed by atoms with Gasteiger partial charge in [0.05, 0.1) is 19.8 Å². The number of carboxylic acid groups (broad SMARTS) is 1. The van der Waals surface area contributed by atoms with E-state index in [2.05, 4.69) is 0 Å². The number of ether oxygens (including phenoxy) is 2. The summed E-state index contributed by atoms with van der Waals surface area (Å²) in [5.74, 6) is -1.09. The number of carbonyl (C=O) groups is 1. The lowest BCUT2D eigenvalue weighted by Crippen LogP contribution is -2.19. The first-order valence-electron chi connectivity index (χ1n) is 6.01. The predicted octanol–water partition coefficient (Wildman–Crippen LogP) is 2.59. The van der Waals surface area contributed by atoms with Crippen molar-refractivity contribution in [3.05, 3.63) is 23.3 Å². The molecule has 0 saturated heterocycles. The highest BCUT2D eigenvalue weighted by Gasteiger charge is 2.36. The number of nitrogens with two attached hydrogens (primary N) is 1. The Balaban J connectivity index is 3.29. The first-order chi connectivity index (χ1) is 9.70. The minimum atomic E-state index is -4.63. The van der Waals surface area contributed by atoms with Crippen LogP contribution in [0.1, 0.15) is 30.0 Å². The summed E-state index contributed by atoms with van der Waals surface area (Å²) in [6, 6.07) is 0.862. The highest BCUT2D eigenvalue weighted by Crippen LogP contribution is 2.41. The average molecular weight is 307 g/mol. The number of hydrogen-bond donors (Lipinski definition) is 2. The van der Waals surface area contributed by atoms with Crippen molar-refractivity contribution in [3.8, 4) is 11.5 Å². The molecule has 118 valence electrons. The van der Waals surface area contributed by atoms with Gasteiger partial charge >= 0.3 is 12.1 Å². The number of benzene rings is 1. The van der Waals surface area contributed by atoms with Crippen LogP contribution in [0.15, 0.2) is 12.1 Å². The summed E-state index contributed by atoms with van der Waals surface area (Å²) in [4.78, 5) is 10.5. The van der Waals surface area contributed by atoms with Crippen LogP contribution < -0.4 is 15.2 Å². The second kappa shape index (κ2) is 6.66. The van der Waals surface area contributed by atoms with Crippen molar-refractivity contribution in [3.63, 3.8) is 0 Å². The maximum Gasteiger partial charge on any atom is 0.416 e. The highest BCUT2D eigenvalue weighted by molar-refractivity contribution is 5.66. The predicted molar refractivity (Wildman–Crippen MR) is 68.3 cm³/mol. The number of aliphatic carboxylic acids is 1. The van der Waals surface area contributed by atoms with Gasteiger partial charge in [-0.25, -0.2) is 0 Å². The van der Waals surface area contributed by atoms with E-state index in [9.17, 15) is 18.0 Å². The number of rotatable bonds is 6. The highest BCUT2D eigenvalue weighted by atomic mass is 19.4. The van der Waals surface area contributed by atoms with E-state index >= 15 is 0 Å². The summed E-state index contributed by atoms with van der Waals surface area (Å²) in [6.45, 7) is 0. The van der Waals surface area contributed by atoms with Crippen LogP contribution in [0.5, 0.6) is 11.5 Å². The van der Waals surface area contributed by atoms with Gasteiger partial charge in [-0.15, -0.1) is 0 Å². The Morgan fingerprint density at radius 1 is 1.29 bits per heavy atom. The zero-order chi connectivity index (χ0) is 16.2. The molecule has 0 fully saturated rings. The van der Waals surface area contributed by atoms with Gasteiger partial charge in [0.25, 0.3) is 0 Å². The van der Waals surface area contributed by atoms with E-state index in [1.54, 1.807) is 0 Å². The molecular weight excluding hydrogens is 291 g/mol. The summed E-state index contributed by atoms with van der Waals surface area (Å²) in [7, 11) is 2.51.